The van der Waals surface area contributed by atoms with E-state index in [1.54, 1.807) is 18.2 Å². The number of nitrogens with two attached hydrogens (primary N) is 1. The fourth-order valence-electron chi connectivity index (χ4n) is 1.95. The molecule has 0 bridgehead atoms. The average Bonchev–Trinajstić information content (AvgIpc) is 2.51. The summed E-state index contributed by atoms with van der Waals surface area (Å²) in [5.41, 5.74) is 6.78. The zero-order valence-electron chi connectivity index (χ0n) is 11.4. The van der Waals surface area contributed by atoms with Crippen LogP contribution in [0.1, 0.15) is 16.8 Å². The third-order valence-electron chi connectivity index (χ3n) is 3.04. The van der Waals surface area contributed by atoms with Gasteiger partial charge in [-0.3, -0.25) is 4.79 Å². The maximum atomic E-state index is 12.6. The molecule has 0 fully saturated rings. The van der Waals surface area contributed by atoms with Crippen LogP contribution in [0.3, 0.4) is 0 Å². The van der Waals surface area contributed by atoms with Gasteiger partial charge < -0.3 is 15.7 Å². The number of aromatic hydroxyl groups is 1. The van der Waals surface area contributed by atoms with E-state index >= 15 is 0 Å². The van der Waals surface area contributed by atoms with Crippen molar-refractivity contribution in [1.82, 2.24) is 0 Å². The van der Waals surface area contributed by atoms with E-state index in [1.807, 2.05) is 24.3 Å². The number of nitrogen functional groups attached to an aromatic ring is 1. The molecule has 0 atom stereocenters. The smallest absolute Gasteiger partial charge is 0.258 e. The van der Waals surface area contributed by atoms with Crippen molar-refractivity contribution >= 4 is 17.3 Å². The van der Waals surface area contributed by atoms with Crippen LogP contribution in [0.2, 0.25) is 0 Å². The summed E-state index contributed by atoms with van der Waals surface area (Å²) in [5, 5.41) is 18.4. The highest BCUT2D eigenvalue weighted by molar-refractivity contribution is 6.06. The molecule has 106 valence electrons. The summed E-state index contributed by atoms with van der Waals surface area (Å²) in [7, 11) is 0. The first-order chi connectivity index (χ1) is 10.1. The number of nitrogens with zero attached hydrogens (tertiary/aromatic N) is 2. The molecule has 0 aliphatic rings. The van der Waals surface area contributed by atoms with Crippen molar-refractivity contribution in [3.05, 3.63) is 54.1 Å². The normalized spacial score (nSPS) is 9.86. The number of nitriles is 1. The van der Waals surface area contributed by atoms with Crippen LogP contribution in [-0.4, -0.2) is 17.6 Å². The lowest BCUT2D eigenvalue weighted by atomic mass is 10.1. The summed E-state index contributed by atoms with van der Waals surface area (Å²) >= 11 is 0. The molecule has 0 unspecified atom stereocenters. The molecule has 5 nitrogen and oxygen atoms in total. The number of phenols is 1. The van der Waals surface area contributed by atoms with E-state index in [0.29, 0.717) is 11.3 Å². The molecular formula is C16H15N3O2. The van der Waals surface area contributed by atoms with Crippen molar-refractivity contribution < 1.29 is 9.90 Å². The molecule has 0 aliphatic heterocycles. The van der Waals surface area contributed by atoms with Gasteiger partial charge in [0.15, 0.2) is 0 Å². The molecule has 21 heavy (non-hydrogen) atoms. The van der Waals surface area contributed by atoms with Crippen LogP contribution in [0.15, 0.2) is 48.5 Å². The van der Waals surface area contributed by atoms with Crippen LogP contribution >= 0.6 is 0 Å². The van der Waals surface area contributed by atoms with Crippen LogP contribution in [-0.2, 0) is 0 Å². The molecule has 1 amide bonds. The Morgan fingerprint density at radius 3 is 2.57 bits per heavy atom. The van der Waals surface area contributed by atoms with Gasteiger partial charge in [-0.05, 0) is 30.3 Å². The second-order valence-corrected chi connectivity index (χ2v) is 4.47. The van der Waals surface area contributed by atoms with Gasteiger partial charge in [0, 0.05) is 17.8 Å². The average molecular weight is 281 g/mol. The summed E-state index contributed by atoms with van der Waals surface area (Å²) in [6.07, 6.45) is 0.224. The Balaban J connectivity index is 2.34. The fourth-order valence-corrected chi connectivity index (χ4v) is 1.95. The Morgan fingerprint density at radius 2 is 1.95 bits per heavy atom. The predicted octanol–water partition coefficient (Wildman–Crippen LogP) is 2.53. The fraction of sp³-hybridized carbons (Fsp3) is 0.125. The van der Waals surface area contributed by atoms with Gasteiger partial charge in [0.25, 0.3) is 5.91 Å². The lowest BCUT2D eigenvalue weighted by Crippen LogP contribution is -2.31. The van der Waals surface area contributed by atoms with E-state index in [-0.39, 0.29) is 30.3 Å². The number of carbonyl (C=O) groups is 1. The van der Waals surface area contributed by atoms with Crippen LogP contribution in [0, 0.1) is 11.3 Å². The molecule has 2 aromatic carbocycles. The van der Waals surface area contributed by atoms with Crippen molar-refractivity contribution in [2.75, 3.05) is 17.2 Å². The monoisotopic (exact) mass is 281 g/mol. The van der Waals surface area contributed by atoms with Crippen LogP contribution in [0.25, 0.3) is 0 Å². The highest BCUT2D eigenvalue weighted by Crippen LogP contribution is 2.23. The lowest BCUT2D eigenvalue weighted by Gasteiger charge is -2.22. The van der Waals surface area contributed by atoms with Crippen LogP contribution in [0.4, 0.5) is 11.4 Å². The molecule has 2 rings (SSSR count). The molecule has 0 aliphatic carbocycles. The topological polar surface area (TPSA) is 90.4 Å². The Kier molecular flexibility index (Phi) is 4.42. The van der Waals surface area contributed by atoms with Gasteiger partial charge in [-0.2, -0.15) is 5.26 Å². The van der Waals surface area contributed by atoms with Crippen molar-refractivity contribution in [2.45, 2.75) is 6.42 Å². The van der Waals surface area contributed by atoms with Crippen molar-refractivity contribution in [1.29, 1.82) is 5.26 Å². The second kappa shape index (κ2) is 6.44. The number of anilines is 2. The number of amides is 1. The number of hydrogen-bond acceptors (Lipinski definition) is 4. The summed E-state index contributed by atoms with van der Waals surface area (Å²) in [4.78, 5) is 14.1. The maximum absolute atomic E-state index is 12.6. The SMILES string of the molecule is N#CCCN(C(=O)c1ccc(N)c(O)c1)c1ccccc1. The second-order valence-electron chi connectivity index (χ2n) is 4.47. The Bertz CT molecular complexity index is 678. The molecule has 0 saturated heterocycles. The Morgan fingerprint density at radius 1 is 1.24 bits per heavy atom. The van der Waals surface area contributed by atoms with Gasteiger partial charge in [-0.15, -0.1) is 0 Å². The van der Waals surface area contributed by atoms with Gasteiger partial charge in [0.1, 0.15) is 5.75 Å². The zero-order chi connectivity index (χ0) is 15.2. The minimum atomic E-state index is -0.285. The molecular weight excluding hydrogens is 266 g/mol. The zero-order valence-corrected chi connectivity index (χ0v) is 11.4. The molecule has 5 heteroatoms. The number of para-hydroxylation sites is 1. The molecule has 0 spiro atoms. The Hall–Kier alpha value is -3.00. The maximum Gasteiger partial charge on any atom is 0.258 e. The van der Waals surface area contributed by atoms with E-state index in [9.17, 15) is 9.90 Å². The van der Waals surface area contributed by atoms with E-state index in [2.05, 4.69) is 0 Å². The summed E-state index contributed by atoms with van der Waals surface area (Å²) in [5.74, 6) is -0.416. The lowest BCUT2D eigenvalue weighted by molar-refractivity contribution is 0.0987. The van der Waals surface area contributed by atoms with Gasteiger partial charge >= 0.3 is 0 Å². The first-order valence-electron chi connectivity index (χ1n) is 6.46. The highest BCUT2D eigenvalue weighted by atomic mass is 16.3. The van der Waals surface area contributed by atoms with Gasteiger partial charge in [0.05, 0.1) is 18.2 Å². The third-order valence-corrected chi connectivity index (χ3v) is 3.04. The van der Waals surface area contributed by atoms with E-state index < -0.39 is 0 Å². The molecule has 3 N–H and O–H groups in total. The third kappa shape index (κ3) is 3.31. The van der Waals surface area contributed by atoms with Gasteiger partial charge in [-0.1, -0.05) is 18.2 Å². The quantitative estimate of drug-likeness (QED) is 0.665. The Labute approximate surface area is 122 Å². The predicted molar refractivity (Wildman–Crippen MR) is 80.9 cm³/mol. The first-order valence-corrected chi connectivity index (χ1v) is 6.46. The van der Waals surface area contributed by atoms with Gasteiger partial charge in [-0.25, -0.2) is 0 Å². The van der Waals surface area contributed by atoms with Crippen molar-refractivity contribution in [2.24, 2.45) is 0 Å². The number of hydrogen-bond donors (Lipinski definition) is 2. The standard InChI is InChI=1S/C16H15N3O2/c17-9-4-10-19(13-5-2-1-3-6-13)16(21)12-7-8-14(18)15(20)11-12/h1-3,5-8,11,20H,4,10,18H2. The molecule has 0 aromatic heterocycles. The van der Waals surface area contributed by atoms with Crippen LogP contribution < -0.4 is 10.6 Å². The first kappa shape index (κ1) is 14.4. The van der Waals surface area contributed by atoms with Crippen LogP contribution in [0.5, 0.6) is 5.75 Å². The molecule has 2 aromatic rings. The molecule has 0 saturated carbocycles. The highest BCUT2D eigenvalue weighted by Gasteiger charge is 2.18. The number of benzene rings is 2. The molecule has 0 heterocycles. The largest absolute Gasteiger partial charge is 0.506 e. The number of rotatable bonds is 4. The summed E-state index contributed by atoms with van der Waals surface area (Å²) in [6, 6.07) is 15.5. The van der Waals surface area contributed by atoms with Gasteiger partial charge in [0.2, 0.25) is 0 Å². The van der Waals surface area contributed by atoms with E-state index in [0.717, 1.165) is 0 Å². The van der Waals surface area contributed by atoms with E-state index in [4.69, 9.17) is 11.0 Å². The number of carbonyl (C=O) groups excluding carboxylic acids is 1. The van der Waals surface area contributed by atoms with Crippen molar-refractivity contribution in [3.63, 3.8) is 0 Å². The summed E-state index contributed by atoms with van der Waals surface area (Å²) < 4.78 is 0. The minimum Gasteiger partial charge on any atom is -0.506 e. The van der Waals surface area contributed by atoms with E-state index in [1.165, 1.54) is 17.0 Å². The summed E-state index contributed by atoms with van der Waals surface area (Å²) in [6.45, 7) is 0.282. The minimum absolute atomic E-state index is 0.130. The van der Waals surface area contributed by atoms with Crippen molar-refractivity contribution in [3.8, 4) is 11.8 Å². The molecule has 0 radical (unpaired) electrons. The number of phenolic OH excluding ortho intramolecular Hbond substituents is 1.